The molecule has 1 aliphatic rings. The summed E-state index contributed by atoms with van der Waals surface area (Å²) in [5.74, 6) is 0. The van der Waals surface area contributed by atoms with E-state index in [1.54, 1.807) is 12.4 Å². The summed E-state index contributed by atoms with van der Waals surface area (Å²) < 4.78 is 30.9. The largest absolute Gasteiger partial charge is 0.377 e. The van der Waals surface area contributed by atoms with Crippen molar-refractivity contribution >= 4 is 0 Å². The Bertz CT molecular complexity index is 337. The summed E-state index contributed by atoms with van der Waals surface area (Å²) in [6.07, 6.45) is 3.42. The third-order valence-electron chi connectivity index (χ3n) is 2.74. The Morgan fingerprint density at radius 3 is 3.18 bits per heavy atom. The molecule has 2 heterocycles. The van der Waals surface area contributed by atoms with E-state index in [0.29, 0.717) is 12.6 Å². The average Bonchev–Trinajstić information content (AvgIpc) is 2.89. The number of halogens is 2. The molecule has 96 valence electrons. The highest BCUT2D eigenvalue weighted by molar-refractivity contribution is 5.03. The Morgan fingerprint density at radius 1 is 1.59 bits per heavy atom. The van der Waals surface area contributed by atoms with Gasteiger partial charge in [0.25, 0.3) is 6.43 Å². The first-order valence-electron chi connectivity index (χ1n) is 5.86. The molecule has 1 aromatic heterocycles. The van der Waals surface area contributed by atoms with Crippen molar-refractivity contribution in [1.82, 2.24) is 15.1 Å². The minimum Gasteiger partial charge on any atom is -0.377 e. The fraction of sp³-hybridized carbons (Fsp3) is 0.727. The van der Waals surface area contributed by atoms with Crippen LogP contribution >= 0.6 is 0 Å². The Kier molecular flexibility index (Phi) is 4.44. The quantitative estimate of drug-likeness (QED) is 0.823. The summed E-state index contributed by atoms with van der Waals surface area (Å²) in [6, 6.07) is 0. The SMILES string of the molecule is FC(F)Cn1cc(CNC[C@H]2CCCO2)cn1. The molecule has 1 fully saturated rings. The van der Waals surface area contributed by atoms with E-state index in [2.05, 4.69) is 10.4 Å². The Labute approximate surface area is 98.9 Å². The van der Waals surface area contributed by atoms with Crippen LogP contribution in [-0.4, -0.2) is 35.5 Å². The van der Waals surface area contributed by atoms with Crippen LogP contribution in [0.5, 0.6) is 0 Å². The molecule has 1 atom stereocenters. The lowest BCUT2D eigenvalue weighted by atomic mass is 10.2. The number of nitrogens with one attached hydrogen (secondary N) is 1. The zero-order valence-electron chi connectivity index (χ0n) is 9.61. The molecule has 17 heavy (non-hydrogen) atoms. The fourth-order valence-electron chi connectivity index (χ4n) is 1.92. The van der Waals surface area contributed by atoms with Crippen LogP contribution in [0.15, 0.2) is 12.4 Å². The van der Waals surface area contributed by atoms with Gasteiger partial charge in [-0.25, -0.2) is 8.78 Å². The molecule has 6 heteroatoms. The molecule has 0 spiro atoms. The zero-order valence-corrected chi connectivity index (χ0v) is 9.61. The van der Waals surface area contributed by atoms with Crippen molar-refractivity contribution in [3.05, 3.63) is 18.0 Å². The number of hydrogen-bond donors (Lipinski definition) is 1. The average molecular weight is 245 g/mol. The van der Waals surface area contributed by atoms with Gasteiger partial charge in [0.1, 0.15) is 6.54 Å². The summed E-state index contributed by atoms with van der Waals surface area (Å²) >= 11 is 0. The number of aromatic nitrogens is 2. The van der Waals surface area contributed by atoms with Crippen LogP contribution in [0.4, 0.5) is 8.78 Å². The van der Waals surface area contributed by atoms with Gasteiger partial charge in [0.15, 0.2) is 0 Å². The smallest absolute Gasteiger partial charge is 0.257 e. The highest BCUT2D eigenvalue weighted by atomic mass is 19.3. The van der Waals surface area contributed by atoms with Gasteiger partial charge in [-0.2, -0.15) is 5.10 Å². The van der Waals surface area contributed by atoms with Gasteiger partial charge in [-0.15, -0.1) is 0 Å². The summed E-state index contributed by atoms with van der Waals surface area (Å²) in [4.78, 5) is 0. The fourth-order valence-corrected chi connectivity index (χ4v) is 1.92. The maximum absolute atomic E-state index is 12.1. The standard InChI is InChI=1S/C11H17F2N3O/c12-11(13)8-16-7-9(5-15-16)4-14-6-10-2-1-3-17-10/h5,7,10-11,14H,1-4,6,8H2/t10-/m1/s1. The van der Waals surface area contributed by atoms with E-state index in [4.69, 9.17) is 4.74 Å². The van der Waals surface area contributed by atoms with Crippen LogP contribution in [-0.2, 0) is 17.8 Å². The van der Waals surface area contributed by atoms with E-state index in [1.165, 1.54) is 4.68 Å². The van der Waals surface area contributed by atoms with Gasteiger partial charge in [0.2, 0.25) is 0 Å². The highest BCUT2D eigenvalue weighted by Crippen LogP contribution is 2.10. The Balaban J connectivity index is 1.69. The molecule has 0 aromatic carbocycles. The predicted octanol–water partition coefficient (Wildman–Crippen LogP) is 1.42. The maximum atomic E-state index is 12.1. The molecule has 1 aliphatic heterocycles. The van der Waals surface area contributed by atoms with Gasteiger partial charge < -0.3 is 10.1 Å². The van der Waals surface area contributed by atoms with E-state index in [0.717, 1.165) is 31.6 Å². The Hall–Kier alpha value is -1.01. The van der Waals surface area contributed by atoms with Gasteiger partial charge in [0, 0.05) is 31.5 Å². The molecule has 0 bridgehead atoms. The van der Waals surface area contributed by atoms with Gasteiger partial charge in [-0.1, -0.05) is 0 Å². The molecular weight excluding hydrogens is 228 g/mol. The van der Waals surface area contributed by atoms with E-state index in [-0.39, 0.29) is 6.54 Å². The van der Waals surface area contributed by atoms with Gasteiger partial charge >= 0.3 is 0 Å². The van der Waals surface area contributed by atoms with Crippen molar-refractivity contribution in [1.29, 1.82) is 0 Å². The first kappa shape index (κ1) is 12.4. The minimum absolute atomic E-state index is 0.297. The van der Waals surface area contributed by atoms with Crippen molar-refractivity contribution in [3.8, 4) is 0 Å². The summed E-state index contributed by atoms with van der Waals surface area (Å²) in [5.41, 5.74) is 0.920. The molecule has 0 amide bonds. The second kappa shape index (κ2) is 6.07. The lowest BCUT2D eigenvalue weighted by Crippen LogP contribution is -2.25. The number of alkyl halides is 2. The second-order valence-corrected chi connectivity index (χ2v) is 4.23. The van der Waals surface area contributed by atoms with Gasteiger partial charge in [-0.05, 0) is 12.8 Å². The lowest BCUT2D eigenvalue weighted by Gasteiger charge is -2.09. The molecule has 2 rings (SSSR count). The number of rotatable bonds is 6. The van der Waals surface area contributed by atoms with Crippen molar-refractivity contribution < 1.29 is 13.5 Å². The van der Waals surface area contributed by atoms with Crippen molar-refractivity contribution in [2.24, 2.45) is 0 Å². The maximum Gasteiger partial charge on any atom is 0.257 e. The van der Waals surface area contributed by atoms with E-state index < -0.39 is 6.43 Å². The monoisotopic (exact) mass is 245 g/mol. The minimum atomic E-state index is -2.36. The van der Waals surface area contributed by atoms with Crippen molar-refractivity contribution in [2.45, 2.75) is 38.5 Å². The number of hydrogen-bond acceptors (Lipinski definition) is 3. The predicted molar refractivity (Wildman–Crippen MR) is 58.9 cm³/mol. The molecule has 0 aliphatic carbocycles. The molecule has 0 unspecified atom stereocenters. The summed E-state index contributed by atoms with van der Waals surface area (Å²) in [5, 5.41) is 7.12. The van der Waals surface area contributed by atoms with E-state index >= 15 is 0 Å². The molecule has 1 N–H and O–H groups in total. The number of nitrogens with zero attached hydrogens (tertiary/aromatic N) is 2. The third kappa shape index (κ3) is 4.05. The van der Waals surface area contributed by atoms with E-state index in [1.807, 2.05) is 0 Å². The first-order valence-corrected chi connectivity index (χ1v) is 5.86. The van der Waals surface area contributed by atoms with Crippen molar-refractivity contribution in [2.75, 3.05) is 13.2 Å². The normalized spacial score (nSPS) is 20.3. The third-order valence-corrected chi connectivity index (χ3v) is 2.74. The molecule has 4 nitrogen and oxygen atoms in total. The first-order chi connectivity index (χ1) is 8.24. The summed E-state index contributed by atoms with van der Waals surface area (Å²) in [7, 11) is 0. The van der Waals surface area contributed by atoms with E-state index in [9.17, 15) is 8.78 Å². The van der Waals surface area contributed by atoms with Crippen LogP contribution in [0.1, 0.15) is 18.4 Å². The van der Waals surface area contributed by atoms with Crippen LogP contribution in [0.3, 0.4) is 0 Å². The zero-order chi connectivity index (χ0) is 12.1. The lowest BCUT2D eigenvalue weighted by molar-refractivity contribution is 0.110. The molecule has 0 saturated carbocycles. The highest BCUT2D eigenvalue weighted by Gasteiger charge is 2.14. The van der Waals surface area contributed by atoms with Crippen LogP contribution in [0.25, 0.3) is 0 Å². The van der Waals surface area contributed by atoms with Gasteiger partial charge in [-0.3, -0.25) is 4.68 Å². The molecule has 1 saturated heterocycles. The Morgan fingerprint density at radius 2 is 2.47 bits per heavy atom. The second-order valence-electron chi connectivity index (χ2n) is 4.23. The van der Waals surface area contributed by atoms with Crippen LogP contribution in [0.2, 0.25) is 0 Å². The topological polar surface area (TPSA) is 39.1 Å². The molecule has 0 radical (unpaired) electrons. The van der Waals surface area contributed by atoms with Crippen LogP contribution in [0, 0.1) is 0 Å². The molecule has 1 aromatic rings. The van der Waals surface area contributed by atoms with Crippen LogP contribution < -0.4 is 5.32 Å². The number of ether oxygens (including phenoxy) is 1. The molecular formula is C11H17F2N3O. The van der Waals surface area contributed by atoms with Gasteiger partial charge in [0.05, 0.1) is 12.3 Å². The summed E-state index contributed by atoms with van der Waals surface area (Å²) in [6.45, 7) is 1.95. The van der Waals surface area contributed by atoms with Crippen molar-refractivity contribution in [3.63, 3.8) is 0 Å².